The number of fused-ring (bicyclic) bond motifs is 4. The minimum atomic E-state index is 1.01. The molecule has 4 rings (SSSR count). The molecule has 19 heavy (non-hydrogen) atoms. The molecular formula is C15H26N4. The van der Waals surface area contributed by atoms with E-state index in [9.17, 15) is 0 Å². The van der Waals surface area contributed by atoms with Gasteiger partial charge in [0, 0.05) is 38.4 Å². The number of piperazine rings is 1. The molecule has 4 aliphatic rings. The average molecular weight is 262 g/mol. The van der Waals surface area contributed by atoms with E-state index in [0.717, 1.165) is 31.8 Å². The third kappa shape index (κ3) is 2.46. The molecule has 2 saturated heterocycles. The molecule has 3 heterocycles. The van der Waals surface area contributed by atoms with Gasteiger partial charge in [0.05, 0.1) is 11.4 Å². The van der Waals surface area contributed by atoms with Crippen LogP contribution in [-0.4, -0.2) is 49.1 Å². The number of nitrogens with zero attached hydrogens (tertiary/aromatic N) is 2. The summed E-state index contributed by atoms with van der Waals surface area (Å²) in [5, 5.41) is 3.49. The maximum atomic E-state index is 6.39. The van der Waals surface area contributed by atoms with Gasteiger partial charge in [0.1, 0.15) is 0 Å². The van der Waals surface area contributed by atoms with Gasteiger partial charge in [0.2, 0.25) is 0 Å². The van der Waals surface area contributed by atoms with E-state index in [1.807, 2.05) is 0 Å². The molecule has 0 saturated carbocycles. The van der Waals surface area contributed by atoms with E-state index in [1.165, 1.54) is 55.9 Å². The first-order valence-corrected chi connectivity index (χ1v) is 7.71. The van der Waals surface area contributed by atoms with Crippen molar-refractivity contribution in [3.8, 4) is 0 Å². The van der Waals surface area contributed by atoms with E-state index in [-0.39, 0.29) is 0 Å². The Balaban J connectivity index is 1.74. The molecule has 0 atom stereocenters. The molecule has 0 radical (unpaired) electrons. The van der Waals surface area contributed by atoms with Crippen molar-refractivity contribution < 1.29 is 0 Å². The molecule has 0 aromatic heterocycles. The fourth-order valence-corrected chi connectivity index (χ4v) is 3.54. The first kappa shape index (κ1) is 12.9. The Morgan fingerprint density at radius 1 is 1.16 bits per heavy atom. The second kappa shape index (κ2) is 5.45. The summed E-state index contributed by atoms with van der Waals surface area (Å²) in [7, 11) is 0. The number of dihydropyridines is 1. The summed E-state index contributed by atoms with van der Waals surface area (Å²) >= 11 is 0. The quantitative estimate of drug-likeness (QED) is 0.803. The molecule has 106 valence electrons. The van der Waals surface area contributed by atoms with E-state index in [0.29, 0.717) is 0 Å². The van der Waals surface area contributed by atoms with Crippen LogP contribution in [0.2, 0.25) is 0 Å². The van der Waals surface area contributed by atoms with E-state index >= 15 is 0 Å². The van der Waals surface area contributed by atoms with Crippen molar-refractivity contribution in [2.24, 2.45) is 5.73 Å². The van der Waals surface area contributed by atoms with Crippen LogP contribution in [0.4, 0.5) is 0 Å². The summed E-state index contributed by atoms with van der Waals surface area (Å²) in [6.45, 7) is 9.13. The standard InChI is InChI=1S/C15H26N4/c1-2-6-18-7-9-19(10-8-18)15-12-4-3-5-13(14(15)16)17-11-12/h17H,2-11,16H2,1H3. The maximum Gasteiger partial charge on any atom is 0.0744 e. The lowest BCUT2D eigenvalue weighted by molar-refractivity contribution is 0.159. The number of allylic oxidation sites excluding steroid dienone is 1. The third-order valence-electron chi connectivity index (χ3n) is 4.56. The lowest BCUT2D eigenvalue weighted by atomic mass is 10.0. The summed E-state index contributed by atoms with van der Waals surface area (Å²) in [6, 6.07) is 0. The van der Waals surface area contributed by atoms with Crippen LogP contribution in [0.3, 0.4) is 0 Å². The molecule has 4 heteroatoms. The summed E-state index contributed by atoms with van der Waals surface area (Å²) in [5.41, 5.74) is 11.6. The number of rotatable bonds is 3. The van der Waals surface area contributed by atoms with E-state index < -0.39 is 0 Å². The first-order valence-electron chi connectivity index (χ1n) is 7.71. The predicted octanol–water partition coefficient (Wildman–Crippen LogP) is 1.23. The van der Waals surface area contributed by atoms with Gasteiger partial charge >= 0.3 is 0 Å². The molecule has 3 N–H and O–H groups in total. The molecule has 0 aromatic rings. The number of hydrogen-bond donors (Lipinski definition) is 2. The van der Waals surface area contributed by atoms with Crippen molar-refractivity contribution in [3.05, 3.63) is 22.7 Å². The summed E-state index contributed by atoms with van der Waals surface area (Å²) in [6.07, 6.45) is 4.83. The summed E-state index contributed by atoms with van der Waals surface area (Å²) < 4.78 is 0. The average Bonchev–Trinajstić information content (AvgIpc) is 2.74. The van der Waals surface area contributed by atoms with Gasteiger partial charge in [-0.1, -0.05) is 6.92 Å². The van der Waals surface area contributed by atoms with Gasteiger partial charge in [-0.05, 0) is 37.8 Å². The molecule has 0 unspecified atom stereocenters. The molecule has 1 aliphatic carbocycles. The molecule has 0 amide bonds. The Bertz CT molecular complexity index is 394. The van der Waals surface area contributed by atoms with Crippen LogP contribution >= 0.6 is 0 Å². The monoisotopic (exact) mass is 262 g/mol. The van der Waals surface area contributed by atoms with Gasteiger partial charge in [-0.25, -0.2) is 0 Å². The van der Waals surface area contributed by atoms with Crippen molar-refractivity contribution in [2.75, 3.05) is 39.3 Å². The van der Waals surface area contributed by atoms with Crippen molar-refractivity contribution in [3.63, 3.8) is 0 Å². The van der Waals surface area contributed by atoms with E-state index in [2.05, 4.69) is 22.0 Å². The van der Waals surface area contributed by atoms with Crippen LogP contribution < -0.4 is 11.1 Å². The van der Waals surface area contributed by atoms with Crippen molar-refractivity contribution in [1.82, 2.24) is 15.1 Å². The predicted molar refractivity (Wildman–Crippen MR) is 78.4 cm³/mol. The van der Waals surface area contributed by atoms with Gasteiger partial charge in [-0.15, -0.1) is 0 Å². The smallest absolute Gasteiger partial charge is 0.0744 e. The fourth-order valence-electron chi connectivity index (χ4n) is 3.54. The topological polar surface area (TPSA) is 44.5 Å². The van der Waals surface area contributed by atoms with Crippen LogP contribution in [-0.2, 0) is 0 Å². The van der Waals surface area contributed by atoms with Gasteiger partial charge in [0.15, 0.2) is 0 Å². The maximum absolute atomic E-state index is 6.39. The highest BCUT2D eigenvalue weighted by molar-refractivity contribution is 5.41. The molecule has 0 aromatic carbocycles. The Morgan fingerprint density at radius 2 is 1.95 bits per heavy atom. The van der Waals surface area contributed by atoms with Gasteiger partial charge < -0.3 is 16.0 Å². The SMILES string of the molecule is CCCN1CCN(C2=C3CCCC(=C2N)NC3)CC1. The Kier molecular flexibility index (Phi) is 3.69. The molecule has 3 aliphatic heterocycles. The zero-order valence-corrected chi connectivity index (χ0v) is 12.0. The highest BCUT2D eigenvalue weighted by atomic mass is 15.3. The van der Waals surface area contributed by atoms with Gasteiger partial charge in [-0.3, -0.25) is 4.90 Å². The summed E-state index contributed by atoms with van der Waals surface area (Å²) in [5.74, 6) is 0. The van der Waals surface area contributed by atoms with Crippen LogP contribution in [0.5, 0.6) is 0 Å². The Hall–Kier alpha value is -1.16. The highest BCUT2D eigenvalue weighted by Crippen LogP contribution is 2.31. The van der Waals surface area contributed by atoms with E-state index in [4.69, 9.17) is 5.73 Å². The summed E-state index contributed by atoms with van der Waals surface area (Å²) in [4.78, 5) is 5.10. The highest BCUT2D eigenvalue weighted by Gasteiger charge is 2.28. The molecule has 2 bridgehead atoms. The number of hydrogen-bond acceptors (Lipinski definition) is 4. The zero-order valence-electron chi connectivity index (χ0n) is 12.0. The van der Waals surface area contributed by atoms with Crippen LogP contribution in [0, 0.1) is 0 Å². The van der Waals surface area contributed by atoms with Gasteiger partial charge in [0.25, 0.3) is 0 Å². The van der Waals surface area contributed by atoms with Crippen molar-refractivity contribution in [2.45, 2.75) is 32.6 Å². The molecule has 2 fully saturated rings. The lowest BCUT2D eigenvalue weighted by Crippen LogP contribution is -2.48. The largest absolute Gasteiger partial charge is 0.396 e. The zero-order chi connectivity index (χ0) is 13.2. The second-order valence-corrected chi connectivity index (χ2v) is 5.88. The van der Waals surface area contributed by atoms with Crippen LogP contribution in [0.25, 0.3) is 0 Å². The lowest BCUT2D eigenvalue weighted by Gasteiger charge is -2.39. The van der Waals surface area contributed by atoms with Crippen molar-refractivity contribution >= 4 is 0 Å². The normalized spacial score (nSPS) is 24.8. The molecular weight excluding hydrogens is 236 g/mol. The van der Waals surface area contributed by atoms with Crippen LogP contribution in [0.15, 0.2) is 22.7 Å². The van der Waals surface area contributed by atoms with E-state index in [1.54, 1.807) is 0 Å². The first-order chi connectivity index (χ1) is 9.29. The Labute approximate surface area is 116 Å². The minimum Gasteiger partial charge on any atom is -0.396 e. The molecule has 0 spiro atoms. The fraction of sp³-hybridized carbons (Fsp3) is 0.733. The third-order valence-corrected chi connectivity index (χ3v) is 4.56. The molecule has 4 nitrogen and oxygen atoms in total. The van der Waals surface area contributed by atoms with Crippen molar-refractivity contribution in [1.29, 1.82) is 0 Å². The van der Waals surface area contributed by atoms with Gasteiger partial charge in [-0.2, -0.15) is 0 Å². The number of nitrogens with two attached hydrogens (primary N) is 1. The van der Waals surface area contributed by atoms with Crippen LogP contribution in [0.1, 0.15) is 32.6 Å². The minimum absolute atomic E-state index is 1.01. The second-order valence-electron chi connectivity index (χ2n) is 5.88. The number of nitrogens with one attached hydrogen (secondary N) is 1. The Morgan fingerprint density at radius 3 is 2.68 bits per heavy atom.